The lowest BCUT2D eigenvalue weighted by molar-refractivity contribution is 0.00578. The Hall–Kier alpha value is -1.79. The third-order valence-corrected chi connectivity index (χ3v) is 5.16. The van der Waals surface area contributed by atoms with E-state index in [1.54, 1.807) is 10.8 Å². The molecule has 0 atom stereocenters. The third-order valence-electron chi connectivity index (χ3n) is 5.16. The predicted molar refractivity (Wildman–Crippen MR) is 104 cm³/mol. The summed E-state index contributed by atoms with van der Waals surface area (Å²) >= 11 is 0. The predicted octanol–water partition coefficient (Wildman–Crippen LogP) is 4.03. The molecule has 2 aromatic rings. The third kappa shape index (κ3) is 3.16. The molecule has 1 aliphatic heterocycles. The molecule has 1 aliphatic rings. The van der Waals surface area contributed by atoms with Gasteiger partial charge >= 0.3 is 13.2 Å². The summed E-state index contributed by atoms with van der Waals surface area (Å²) in [7, 11) is -0.534. The zero-order valence-electron chi connectivity index (χ0n) is 17.0. The van der Waals surface area contributed by atoms with E-state index in [1.165, 1.54) is 0 Å². The number of rotatable bonds is 1. The van der Waals surface area contributed by atoms with Crippen molar-refractivity contribution >= 4 is 29.6 Å². The number of carbonyl (C=O) groups excluding carboxylic acids is 1. The van der Waals surface area contributed by atoms with Gasteiger partial charge in [-0.05, 0) is 61.0 Å². The van der Waals surface area contributed by atoms with Crippen molar-refractivity contribution in [2.24, 2.45) is 0 Å². The van der Waals surface area contributed by atoms with Crippen LogP contribution in [0.25, 0.3) is 10.9 Å². The van der Waals surface area contributed by atoms with Crippen molar-refractivity contribution in [3.05, 3.63) is 30.0 Å². The normalized spacial score (nSPS) is 19.2. The van der Waals surface area contributed by atoms with Gasteiger partial charge in [0.1, 0.15) is 5.60 Å². The highest BCUT2D eigenvalue weighted by atomic mass is 16.7. The number of hydrogen-bond donors (Lipinski definition) is 0. The molecule has 1 saturated heterocycles. The van der Waals surface area contributed by atoms with Crippen molar-refractivity contribution in [3.63, 3.8) is 0 Å². The molecule has 0 radical (unpaired) electrons. The van der Waals surface area contributed by atoms with Crippen LogP contribution in [0.3, 0.4) is 0 Å². The molecule has 0 spiro atoms. The molecule has 0 bridgehead atoms. The first-order valence-corrected chi connectivity index (χ1v) is 9.02. The number of ether oxygens (including phenoxy) is 1. The lowest BCUT2D eigenvalue weighted by atomic mass is 9.79. The quantitative estimate of drug-likeness (QED) is 0.723. The highest BCUT2D eigenvalue weighted by molar-refractivity contribution is 6.65. The Kier molecular flexibility index (Phi) is 4.28. The summed E-state index contributed by atoms with van der Waals surface area (Å²) in [6.07, 6.45) is 1.38. The minimum Gasteiger partial charge on any atom is -0.443 e. The zero-order valence-corrected chi connectivity index (χ0v) is 17.0. The fraction of sp³-hybridized carbons (Fsp3) is 0.550. The number of nitrogens with zero attached hydrogens (tertiary/aromatic N) is 1. The molecule has 26 heavy (non-hydrogen) atoms. The average molecular weight is 357 g/mol. The summed E-state index contributed by atoms with van der Waals surface area (Å²) in [5.41, 5.74) is 1.21. The maximum Gasteiger partial charge on any atom is 0.497 e. The number of para-hydroxylation sites is 1. The van der Waals surface area contributed by atoms with E-state index in [9.17, 15) is 4.79 Å². The standard InChI is InChI=1S/C20H28BNO4/c1-13-10-9-11-14-15(21-25-19(5,6)20(7,8)26-21)12-22(16(13)14)17(23)24-18(2,3)4/h9-12H,1-8H3. The van der Waals surface area contributed by atoms with E-state index in [1.807, 2.05) is 73.6 Å². The Labute approximate surface area is 155 Å². The van der Waals surface area contributed by atoms with E-state index in [0.29, 0.717) is 0 Å². The molecular weight excluding hydrogens is 329 g/mol. The molecule has 1 aromatic heterocycles. The lowest BCUT2D eigenvalue weighted by Crippen LogP contribution is -2.41. The Bertz CT molecular complexity index is 845. The van der Waals surface area contributed by atoms with Gasteiger partial charge in [-0.2, -0.15) is 0 Å². The molecule has 140 valence electrons. The van der Waals surface area contributed by atoms with Gasteiger partial charge in [0.05, 0.1) is 16.7 Å². The molecule has 1 aromatic carbocycles. The number of aryl methyl sites for hydroxylation is 1. The van der Waals surface area contributed by atoms with Crippen LogP contribution in [0.15, 0.2) is 24.4 Å². The second-order valence-electron chi connectivity index (χ2n) is 8.99. The second kappa shape index (κ2) is 5.86. The highest BCUT2D eigenvalue weighted by Gasteiger charge is 2.52. The molecule has 0 amide bonds. The van der Waals surface area contributed by atoms with Crippen molar-refractivity contribution in [2.45, 2.75) is 72.2 Å². The molecule has 0 aliphatic carbocycles. The van der Waals surface area contributed by atoms with Gasteiger partial charge < -0.3 is 14.0 Å². The first-order chi connectivity index (χ1) is 11.8. The van der Waals surface area contributed by atoms with Gasteiger partial charge in [0, 0.05) is 17.0 Å². The first-order valence-electron chi connectivity index (χ1n) is 9.02. The Balaban J connectivity index is 2.11. The van der Waals surface area contributed by atoms with Crippen LogP contribution in [-0.2, 0) is 14.0 Å². The van der Waals surface area contributed by atoms with E-state index in [4.69, 9.17) is 14.0 Å². The van der Waals surface area contributed by atoms with Crippen LogP contribution in [-0.4, -0.2) is 34.6 Å². The van der Waals surface area contributed by atoms with Crippen LogP contribution in [0, 0.1) is 6.92 Å². The lowest BCUT2D eigenvalue weighted by Gasteiger charge is -2.32. The number of hydrogen-bond acceptors (Lipinski definition) is 4. The van der Waals surface area contributed by atoms with Crippen molar-refractivity contribution in [2.75, 3.05) is 0 Å². The molecule has 3 rings (SSSR count). The van der Waals surface area contributed by atoms with Crippen molar-refractivity contribution in [1.29, 1.82) is 0 Å². The monoisotopic (exact) mass is 357 g/mol. The fourth-order valence-corrected chi connectivity index (χ4v) is 3.10. The minimum atomic E-state index is -0.569. The number of aromatic nitrogens is 1. The zero-order chi connectivity index (χ0) is 19.5. The van der Waals surface area contributed by atoms with E-state index < -0.39 is 30.0 Å². The number of benzene rings is 1. The molecule has 6 heteroatoms. The van der Waals surface area contributed by atoms with Gasteiger partial charge in [0.2, 0.25) is 0 Å². The van der Waals surface area contributed by atoms with Crippen molar-refractivity contribution in [1.82, 2.24) is 4.57 Å². The van der Waals surface area contributed by atoms with E-state index in [2.05, 4.69) is 0 Å². The van der Waals surface area contributed by atoms with Crippen molar-refractivity contribution in [3.8, 4) is 0 Å². The van der Waals surface area contributed by atoms with E-state index in [-0.39, 0.29) is 0 Å². The smallest absolute Gasteiger partial charge is 0.443 e. The Morgan fingerprint density at radius 3 is 2.23 bits per heavy atom. The first kappa shape index (κ1) is 19.0. The molecule has 0 N–H and O–H groups in total. The summed E-state index contributed by atoms with van der Waals surface area (Å²) in [6, 6.07) is 5.95. The average Bonchev–Trinajstić information content (AvgIpc) is 2.94. The van der Waals surface area contributed by atoms with Crippen LogP contribution in [0.5, 0.6) is 0 Å². The maximum atomic E-state index is 12.8. The topological polar surface area (TPSA) is 49.7 Å². The molecule has 5 nitrogen and oxygen atoms in total. The molecule has 0 unspecified atom stereocenters. The number of fused-ring (bicyclic) bond motifs is 1. The summed E-state index contributed by atoms with van der Waals surface area (Å²) in [5, 5.41) is 0.939. The van der Waals surface area contributed by atoms with Crippen LogP contribution in [0.2, 0.25) is 0 Å². The molecule has 0 saturated carbocycles. The minimum absolute atomic E-state index is 0.403. The summed E-state index contributed by atoms with van der Waals surface area (Å²) in [5.74, 6) is 0. The van der Waals surface area contributed by atoms with E-state index >= 15 is 0 Å². The largest absolute Gasteiger partial charge is 0.497 e. The molecule has 1 fully saturated rings. The van der Waals surface area contributed by atoms with Gasteiger partial charge in [0.25, 0.3) is 0 Å². The van der Waals surface area contributed by atoms with E-state index in [0.717, 1.165) is 21.9 Å². The second-order valence-corrected chi connectivity index (χ2v) is 8.99. The maximum absolute atomic E-state index is 12.8. The summed E-state index contributed by atoms with van der Waals surface area (Å²) in [6.45, 7) is 15.6. The molecule has 2 heterocycles. The van der Waals surface area contributed by atoms with Gasteiger partial charge in [0.15, 0.2) is 0 Å². The Morgan fingerprint density at radius 1 is 1.12 bits per heavy atom. The van der Waals surface area contributed by atoms with Gasteiger partial charge in [-0.3, -0.25) is 4.57 Å². The van der Waals surface area contributed by atoms with Crippen LogP contribution >= 0.6 is 0 Å². The Morgan fingerprint density at radius 2 is 1.69 bits per heavy atom. The number of carbonyl (C=O) groups is 1. The van der Waals surface area contributed by atoms with Crippen molar-refractivity contribution < 1.29 is 18.8 Å². The SMILES string of the molecule is Cc1cccc2c(B3OC(C)(C)C(C)(C)O3)cn(C(=O)OC(C)(C)C)c12. The molecular formula is C20H28BNO4. The van der Waals surface area contributed by atoms with Gasteiger partial charge in [-0.15, -0.1) is 0 Å². The van der Waals surface area contributed by atoms with Crippen LogP contribution < -0.4 is 5.46 Å². The summed E-state index contributed by atoms with van der Waals surface area (Å²) in [4.78, 5) is 12.8. The van der Waals surface area contributed by atoms with Crippen LogP contribution in [0.4, 0.5) is 4.79 Å². The summed E-state index contributed by atoms with van der Waals surface area (Å²) < 4.78 is 19.6. The van der Waals surface area contributed by atoms with Gasteiger partial charge in [-0.25, -0.2) is 4.79 Å². The fourth-order valence-electron chi connectivity index (χ4n) is 3.10. The van der Waals surface area contributed by atoms with Gasteiger partial charge in [-0.1, -0.05) is 18.2 Å². The highest BCUT2D eigenvalue weighted by Crippen LogP contribution is 2.37. The van der Waals surface area contributed by atoms with Crippen LogP contribution in [0.1, 0.15) is 54.0 Å².